The fraction of sp³-hybridized carbons (Fsp3) is 0.562. The van der Waals surface area contributed by atoms with Crippen LogP contribution in [0.15, 0.2) is 30.3 Å². The summed E-state index contributed by atoms with van der Waals surface area (Å²) in [6, 6.07) is 9.80. The van der Waals surface area contributed by atoms with Crippen LogP contribution in [0, 0.1) is 0 Å². The van der Waals surface area contributed by atoms with Gasteiger partial charge < -0.3 is 15.4 Å². The third-order valence-electron chi connectivity index (χ3n) is 3.53. The highest BCUT2D eigenvalue weighted by molar-refractivity contribution is 5.69. The van der Waals surface area contributed by atoms with E-state index >= 15 is 0 Å². The Bertz CT molecular complexity index is 453. The minimum Gasteiger partial charge on any atom is -0.444 e. The molecule has 2 atom stereocenters. The monoisotopic (exact) mass is 276 g/mol. The number of nitrogens with two attached hydrogens (primary N) is 1. The Morgan fingerprint density at radius 1 is 1.35 bits per heavy atom. The molecule has 2 N–H and O–H groups in total. The van der Waals surface area contributed by atoms with Gasteiger partial charge in [0.2, 0.25) is 0 Å². The van der Waals surface area contributed by atoms with Crippen LogP contribution in [0.2, 0.25) is 0 Å². The van der Waals surface area contributed by atoms with Gasteiger partial charge in [0.25, 0.3) is 0 Å². The summed E-state index contributed by atoms with van der Waals surface area (Å²) in [7, 11) is 0. The number of likely N-dealkylation sites (tertiary alicyclic amines) is 1. The fourth-order valence-corrected chi connectivity index (χ4v) is 2.61. The predicted octanol–water partition coefficient (Wildman–Crippen LogP) is 3.09. The van der Waals surface area contributed by atoms with Crippen molar-refractivity contribution in [2.75, 3.05) is 6.54 Å². The lowest BCUT2D eigenvalue weighted by molar-refractivity contribution is 0.0206. The van der Waals surface area contributed by atoms with Crippen molar-refractivity contribution in [2.24, 2.45) is 5.73 Å². The second-order valence-electron chi connectivity index (χ2n) is 6.32. The van der Waals surface area contributed by atoms with E-state index in [0.717, 1.165) is 24.9 Å². The van der Waals surface area contributed by atoms with Crippen LogP contribution < -0.4 is 5.73 Å². The normalized spacial score (nSPS) is 20.8. The average molecular weight is 276 g/mol. The molecule has 0 aliphatic carbocycles. The number of carbonyl (C=O) groups is 1. The standard InChI is InChI=1S/C16H24N2O2/c1-16(2,3)20-15(19)18-11-7-10-13(18)14(17)12-8-5-4-6-9-12/h4-6,8-9,13-14H,7,10-11,17H2,1-3H3/t13-,14-/m0/s1. The van der Waals surface area contributed by atoms with Crippen LogP contribution >= 0.6 is 0 Å². The van der Waals surface area contributed by atoms with Crippen molar-refractivity contribution >= 4 is 6.09 Å². The van der Waals surface area contributed by atoms with E-state index in [9.17, 15) is 4.79 Å². The van der Waals surface area contributed by atoms with Gasteiger partial charge in [-0.05, 0) is 39.2 Å². The smallest absolute Gasteiger partial charge is 0.410 e. The Morgan fingerprint density at radius 3 is 2.60 bits per heavy atom. The molecule has 1 aliphatic rings. The van der Waals surface area contributed by atoms with E-state index in [-0.39, 0.29) is 18.2 Å². The Balaban J connectivity index is 2.09. The Labute approximate surface area is 120 Å². The maximum atomic E-state index is 12.3. The molecule has 1 aromatic carbocycles. The van der Waals surface area contributed by atoms with Gasteiger partial charge in [-0.2, -0.15) is 0 Å². The first-order valence-corrected chi connectivity index (χ1v) is 7.18. The number of benzene rings is 1. The molecular weight excluding hydrogens is 252 g/mol. The zero-order valence-electron chi connectivity index (χ0n) is 12.5. The third-order valence-corrected chi connectivity index (χ3v) is 3.53. The Hall–Kier alpha value is -1.55. The number of rotatable bonds is 2. The summed E-state index contributed by atoms with van der Waals surface area (Å²) in [6.07, 6.45) is 1.64. The lowest BCUT2D eigenvalue weighted by Gasteiger charge is -2.31. The summed E-state index contributed by atoms with van der Waals surface area (Å²) in [5, 5.41) is 0. The summed E-state index contributed by atoms with van der Waals surface area (Å²) in [5.74, 6) is 0. The van der Waals surface area contributed by atoms with Gasteiger partial charge in [0.15, 0.2) is 0 Å². The first-order valence-electron chi connectivity index (χ1n) is 7.18. The first kappa shape index (κ1) is 14.9. The molecule has 2 rings (SSSR count). The maximum Gasteiger partial charge on any atom is 0.410 e. The highest BCUT2D eigenvalue weighted by Gasteiger charge is 2.36. The van der Waals surface area contributed by atoms with Crippen LogP contribution in [-0.2, 0) is 4.74 Å². The number of hydrogen-bond acceptors (Lipinski definition) is 3. The third kappa shape index (κ3) is 3.51. The topological polar surface area (TPSA) is 55.6 Å². The molecule has 1 fully saturated rings. The van der Waals surface area contributed by atoms with Gasteiger partial charge in [0.05, 0.1) is 12.1 Å². The summed E-state index contributed by atoms with van der Waals surface area (Å²) >= 11 is 0. The van der Waals surface area contributed by atoms with Crippen molar-refractivity contribution in [3.05, 3.63) is 35.9 Å². The molecule has 1 heterocycles. The van der Waals surface area contributed by atoms with Crippen molar-refractivity contribution in [3.63, 3.8) is 0 Å². The van der Waals surface area contributed by atoms with Gasteiger partial charge in [0.1, 0.15) is 5.60 Å². The Morgan fingerprint density at radius 2 is 2.00 bits per heavy atom. The van der Waals surface area contributed by atoms with Gasteiger partial charge in [-0.3, -0.25) is 0 Å². The van der Waals surface area contributed by atoms with Crippen molar-refractivity contribution in [1.29, 1.82) is 0 Å². The van der Waals surface area contributed by atoms with E-state index in [2.05, 4.69) is 0 Å². The zero-order chi connectivity index (χ0) is 14.8. The van der Waals surface area contributed by atoms with E-state index in [0.29, 0.717) is 0 Å². The van der Waals surface area contributed by atoms with Crippen molar-refractivity contribution in [2.45, 2.75) is 51.3 Å². The number of amides is 1. The molecule has 20 heavy (non-hydrogen) atoms. The van der Waals surface area contributed by atoms with Gasteiger partial charge in [0, 0.05) is 6.54 Å². The van der Waals surface area contributed by atoms with Crippen LogP contribution in [0.25, 0.3) is 0 Å². The van der Waals surface area contributed by atoms with E-state index < -0.39 is 5.60 Å². The molecule has 0 saturated carbocycles. The second-order valence-corrected chi connectivity index (χ2v) is 6.32. The fourth-order valence-electron chi connectivity index (χ4n) is 2.61. The number of carbonyl (C=O) groups excluding carboxylic acids is 1. The molecule has 0 radical (unpaired) electrons. The average Bonchev–Trinajstić information content (AvgIpc) is 2.86. The van der Waals surface area contributed by atoms with Gasteiger partial charge in [-0.25, -0.2) is 4.79 Å². The molecular formula is C16H24N2O2. The highest BCUT2D eigenvalue weighted by atomic mass is 16.6. The molecule has 0 spiro atoms. The number of nitrogens with zero attached hydrogens (tertiary/aromatic N) is 1. The van der Waals surface area contributed by atoms with E-state index in [1.165, 1.54) is 0 Å². The molecule has 4 nitrogen and oxygen atoms in total. The van der Waals surface area contributed by atoms with Crippen LogP contribution in [-0.4, -0.2) is 29.2 Å². The first-order chi connectivity index (χ1) is 9.38. The van der Waals surface area contributed by atoms with Crippen molar-refractivity contribution in [1.82, 2.24) is 4.90 Å². The molecule has 0 unspecified atom stereocenters. The van der Waals surface area contributed by atoms with Gasteiger partial charge in [-0.15, -0.1) is 0 Å². The van der Waals surface area contributed by atoms with E-state index in [1.807, 2.05) is 51.1 Å². The van der Waals surface area contributed by atoms with Crippen LogP contribution in [0.5, 0.6) is 0 Å². The van der Waals surface area contributed by atoms with Gasteiger partial charge >= 0.3 is 6.09 Å². The predicted molar refractivity (Wildman–Crippen MR) is 79.3 cm³/mol. The zero-order valence-corrected chi connectivity index (χ0v) is 12.5. The summed E-state index contributed by atoms with van der Waals surface area (Å²) in [4.78, 5) is 14.0. The number of ether oxygens (including phenoxy) is 1. The van der Waals surface area contributed by atoms with Crippen LogP contribution in [0.1, 0.15) is 45.2 Å². The summed E-state index contributed by atoms with van der Waals surface area (Å²) in [5.41, 5.74) is 6.93. The molecule has 1 aliphatic heterocycles. The SMILES string of the molecule is CC(C)(C)OC(=O)N1CCC[C@H]1[C@@H](N)c1ccccc1. The van der Waals surface area contributed by atoms with Crippen LogP contribution in [0.3, 0.4) is 0 Å². The van der Waals surface area contributed by atoms with Crippen molar-refractivity contribution in [3.8, 4) is 0 Å². The van der Waals surface area contributed by atoms with E-state index in [1.54, 1.807) is 4.90 Å². The highest BCUT2D eigenvalue weighted by Crippen LogP contribution is 2.29. The maximum absolute atomic E-state index is 12.3. The minimum absolute atomic E-state index is 0.0206. The molecule has 4 heteroatoms. The van der Waals surface area contributed by atoms with Crippen LogP contribution in [0.4, 0.5) is 4.79 Å². The van der Waals surface area contributed by atoms with Crippen molar-refractivity contribution < 1.29 is 9.53 Å². The summed E-state index contributed by atoms with van der Waals surface area (Å²) < 4.78 is 5.47. The lowest BCUT2D eigenvalue weighted by atomic mass is 9.98. The largest absolute Gasteiger partial charge is 0.444 e. The molecule has 1 saturated heterocycles. The quantitative estimate of drug-likeness (QED) is 0.903. The molecule has 110 valence electrons. The number of hydrogen-bond donors (Lipinski definition) is 1. The molecule has 0 bridgehead atoms. The second kappa shape index (κ2) is 5.83. The molecule has 1 aromatic rings. The minimum atomic E-state index is -0.471. The summed E-state index contributed by atoms with van der Waals surface area (Å²) in [6.45, 7) is 6.37. The van der Waals surface area contributed by atoms with Gasteiger partial charge in [-0.1, -0.05) is 30.3 Å². The molecule has 0 aromatic heterocycles. The molecule has 1 amide bonds. The Kier molecular flexibility index (Phi) is 4.33. The van der Waals surface area contributed by atoms with E-state index in [4.69, 9.17) is 10.5 Å². The lowest BCUT2D eigenvalue weighted by Crippen LogP contribution is -2.44.